The number of rotatable bonds is 6. The molecule has 0 spiro atoms. The fourth-order valence-electron chi connectivity index (χ4n) is 1.78. The molecule has 2 rings (SSSR count). The first kappa shape index (κ1) is 14.7. The van der Waals surface area contributed by atoms with E-state index in [1.807, 2.05) is 23.6 Å². The molecule has 0 N–H and O–H groups in total. The zero-order valence-corrected chi connectivity index (χ0v) is 12.4. The van der Waals surface area contributed by atoms with Gasteiger partial charge in [-0.25, -0.2) is 8.42 Å². The number of nitriles is 1. The van der Waals surface area contributed by atoms with Crippen molar-refractivity contribution in [3.8, 4) is 6.07 Å². The first-order valence-electron chi connectivity index (χ1n) is 6.09. The molecule has 0 aliphatic carbocycles. The predicted octanol–water partition coefficient (Wildman–Crippen LogP) is 2.85. The van der Waals surface area contributed by atoms with Gasteiger partial charge in [-0.3, -0.25) is 0 Å². The minimum Gasteiger partial charge on any atom is -0.207 e. The Kier molecular flexibility index (Phi) is 4.90. The average molecular weight is 306 g/mol. The van der Waals surface area contributed by atoms with E-state index in [1.54, 1.807) is 30.3 Å². The van der Waals surface area contributed by atoms with Gasteiger partial charge < -0.3 is 0 Å². The molecule has 0 saturated carbocycles. The minimum absolute atomic E-state index is 0.178. The summed E-state index contributed by atoms with van der Waals surface area (Å²) >= 11 is 1.51. The normalized spacial score (nSPS) is 11.4. The fraction of sp³-hybridized carbons (Fsp3) is 0.214. The van der Waals surface area contributed by atoms with Crippen LogP contribution in [0.2, 0.25) is 0 Å². The van der Waals surface area contributed by atoms with E-state index in [1.165, 1.54) is 15.6 Å². The summed E-state index contributed by atoms with van der Waals surface area (Å²) in [6.45, 7) is 0.502. The van der Waals surface area contributed by atoms with Gasteiger partial charge in [0.15, 0.2) is 0 Å². The first-order valence-corrected chi connectivity index (χ1v) is 8.41. The lowest BCUT2D eigenvalue weighted by atomic mass is 10.4. The van der Waals surface area contributed by atoms with Crippen LogP contribution in [-0.4, -0.2) is 19.3 Å². The minimum atomic E-state index is -3.56. The SMILES string of the molecule is N#CCCN(Cc1cccs1)S(=O)(=O)c1ccccc1. The number of hydrogen-bond acceptors (Lipinski definition) is 4. The lowest BCUT2D eigenvalue weighted by molar-refractivity contribution is 0.416. The highest BCUT2D eigenvalue weighted by atomic mass is 32.2. The van der Waals surface area contributed by atoms with Gasteiger partial charge in [0.1, 0.15) is 0 Å². The quantitative estimate of drug-likeness (QED) is 0.824. The first-order chi connectivity index (χ1) is 9.64. The van der Waals surface area contributed by atoms with Crippen LogP contribution in [0.1, 0.15) is 11.3 Å². The van der Waals surface area contributed by atoms with Crippen molar-refractivity contribution in [1.82, 2.24) is 4.31 Å². The summed E-state index contributed by atoms with van der Waals surface area (Å²) in [6, 6.07) is 14.1. The molecule has 20 heavy (non-hydrogen) atoms. The highest BCUT2D eigenvalue weighted by Crippen LogP contribution is 2.20. The molecule has 0 fully saturated rings. The largest absolute Gasteiger partial charge is 0.243 e. The number of sulfonamides is 1. The lowest BCUT2D eigenvalue weighted by Crippen LogP contribution is -2.31. The van der Waals surface area contributed by atoms with Crippen molar-refractivity contribution in [3.05, 3.63) is 52.7 Å². The van der Waals surface area contributed by atoms with Crippen molar-refractivity contribution in [3.63, 3.8) is 0 Å². The van der Waals surface area contributed by atoms with Crippen LogP contribution in [0.25, 0.3) is 0 Å². The van der Waals surface area contributed by atoms with Crippen LogP contribution >= 0.6 is 11.3 Å². The van der Waals surface area contributed by atoms with Crippen LogP contribution in [0, 0.1) is 11.3 Å². The van der Waals surface area contributed by atoms with Gasteiger partial charge in [0.25, 0.3) is 0 Å². The van der Waals surface area contributed by atoms with Crippen LogP contribution < -0.4 is 0 Å². The van der Waals surface area contributed by atoms with Gasteiger partial charge in [0.2, 0.25) is 10.0 Å². The van der Waals surface area contributed by atoms with E-state index in [2.05, 4.69) is 0 Å². The third kappa shape index (κ3) is 3.45. The van der Waals surface area contributed by atoms with E-state index in [4.69, 9.17) is 5.26 Å². The molecule has 0 unspecified atom stereocenters. The Hall–Kier alpha value is -1.68. The Morgan fingerprint density at radius 2 is 1.90 bits per heavy atom. The highest BCUT2D eigenvalue weighted by Gasteiger charge is 2.24. The topological polar surface area (TPSA) is 61.2 Å². The van der Waals surface area contributed by atoms with Gasteiger partial charge in [-0.1, -0.05) is 24.3 Å². The molecule has 1 aromatic heterocycles. The van der Waals surface area contributed by atoms with E-state index in [-0.39, 0.29) is 17.9 Å². The van der Waals surface area contributed by atoms with Crippen molar-refractivity contribution < 1.29 is 8.42 Å². The highest BCUT2D eigenvalue weighted by molar-refractivity contribution is 7.89. The maximum atomic E-state index is 12.6. The van der Waals surface area contributed by atoms with Gasteiger partial charge >= 0.3 is 0 Å². The van der Waals surface area contributed by atoms with Crippen LogP contribution in [0.5, 0.6) is 0 Å². The summed E-state index contributed by atoms with van der Waals surface area (Å²) in [4.78, 5) is 1.22. The third-order valence-electron chi connectivity index (χ3n) is 2.77. The second-order valence-electron chi connectivity index (χ2n) is 4.14. The molecule has 0 radical (unpaired) electrons. The maximum Gasteiger partial charge on any atom is 0.243 e. The Morgan fingerprint density at radius 3 is 2.50 bits per heavy atom. The number of thiophene rings is 1. The van der Waals surface area contributed by atoms with Crippen LogP contribution in [0.4, 0.5) is 0 Å². The summed E-state index contributed by atoms with van der Waals surface area (Å²) in [5.41, 5.74) is 0. The Bertz CT molecular complexity index is 674. The number of benzene rings is 1. The number of nitrogens with zero attached hydrogens (tertiary/aromatic N) is 2. The second kappa shape index (κ2) is 6.66. The predicted molar refractivity (Wildman–Crippen MR) is 78.6 cm³/mol. The summed E-state index contributed by atoms with van der Waals surface area (Å²) in [5.74, 6) is 0. The Labute approximate surface area is 123 Å². The molecule has 4 nitrogen and oxygen atoms in total. The molecule has 0 amide bonds. The molecule has 0 aliphatic rings. The Balaban J connectivity index is 2.28. The summed E-state index contributed by atoms with van der Waals surface area (Å²) in [5, 5.41) is 10.6. The van der Waals surface area contributed by atoms with Crippen LogP contribution in [-0.2, 0) is 16.6 Å². The smallest absolute Gasteiger partial charge is 0.207 e. The van der Waals surface area contributed by atoms with Gasteiger partial charge in [0, 0.05) is 24.4 Å². The molecule has 104 valence electrons. The van der Waals surface area contributed by atoms with Crippen LogP contribution in [0.3, 0.4) is 0 Å². The Morgan fingerprint density at radius 1 is 1.15 bits per heavy atom. The van der Waals surface area contributed by atoms with E-state index in [0.29, 0.717) is 6.54 Å². The van der Waals surface area contributed by atoms with E-state index in [9.17, 15) is 8.42 Å². The molecule has 6 heteroatoms. The molecule has 0 aliphatic heterocycles. The van der Waals surface area contributed by atoms with Gasteiger partial charge in [-0.2, -0.15) is 9.57 Å². The van der Waals surface area contributed by atoms with E-state index >= 15 is 0 Å². The second-order valence-corrected chi connectivity index (χ2v) is 7.11. The molecule has 0 bridgehead atoms. The summed E-state index contributed by atoms with van der Waals surface area (Å²) < 4.78 is 26.5. The molecule has 2 aromatic rings. The summed E-state index contributed by atoms with van der Waals surface area (Å²) in [7, 11) is -3.56. The van der Waals surface area contributed by atoms with Crippen molar-refractivity contribution in [1.29, 1.82) is 5.26 Å². The average Bonchev–Trinajstić information content (AvgIpc) is 2.97. The fourth-order valence-corrected chi connectivity index (χ4v) is 4.02. The van der Waals surface area contributed by atoms with E-state index in [0.717, 1.165) is 4.88 Å². The van der Waals surface area contributed by atoms with E-state index < -0.39 is 10.0 Å². The maximum absolute atomic E-state index is 12.6. The molecular weight excluding hydrogens is 292 g/mol. The van der Waals surface area contributed by atoms with Crippen LogP contribution in [0.15, 0.2) is 52.7 Å². The van der Waals surface area contributed by atoms with Crippen molar-refractivity contribution in [2.24, 2.45) is 0 Å². The molecule has 1 aromatic carbocycles. The monoisotopic (exact) mass is 306 g/mol. The third-order valence-corrected chi connectivity index (χ3v) is 5.49. The van der Waals surface area contributed by atoms with Crippen molar-refractivity contribution in [2.75, 3.05) is 6.54 Å². The zero-order valence-electron chi connectivity index (χ0n) is 10.8. The van der Waals surface area contributed by atoms with Crippen molar-refractivity contribution >= 4 is 21.4 Å². The molecule has 0 atom stereocenters. The number of hydrogen-bond donors (Lipinski definition) is 0. The molecule has 1 heterocycles. The van der Waals surface area contributed by atoms with Crippen molar-refractivity contribution in [2.45, 2.75) is 17.9 Å². The zero-order chi connectivity index (χ0) is 14.4. The van der Waals surface area contributed by atoms with Gasteiger partial charge in [-0.05, 0) is 23.6 Å². The molecule has 0 saturated heterocycles. The lowest BCUT2D eigenvalue weighted by Gasteiger charge is -2.20. The van der Waals surface area contributed by atoms with Gasteiger partial charge in [0.05, 0.1) is 11.0 Å². The summed E-state index contributed by atoms with van der Waals surface area (Å²) in [6.07, 6.45) is 0.178. The standard InChI is InChI=1S/C14H14N2O2S2/c15-9-5-10-16(12-13-6-4-11-19-13)20(17,18)14-7-2-1-3-8-14/h1-4,6-8,11H,5,10,12H2. The molecular formula is C14H14N2O2S2. The van der Waals surface area contributed by atoms with Gasteiger partial charge in [-0.15, -0.1) is 11.3 Å².